The van der Waals surface area contributed by atoms with E-state index in [-0.39, 0.29) is 29.0 Å². The summed E-state index contributed by atoms with van der Waals surface area (Å²) in [4.78, 5) is 19.0. The first-order chi connectivity index (χ1) is 16.2. The molecule has 2 fully saturated rings. The number of hydrogen-bond acceptors (Lipinski definition) is 5. The lowest BCUT2D eigenvalue weighted by Crippen LogP contribution is -2.42. The Kier molecular flexibility index (Phi) is 5.71. The number of halogens is 3. The summed E-state index contributed by atoms with van der Waals surface area (Å²) in [6.07, 6.45) is -0.302. The van der Waals surface area contributed by atoms with Crippen molar-refractivity contribution in [1.82, 2.24) is 19.7 Å². The number of nitrogens with zero attached hydrogens (tertiary/aromatic N) is 4. The first-order valence-corrected chi connectivity index (χ1v) is 11.3. The molecule has 2 aromatic heterocycles. The molecule has 1 N–H and O–H groups in total. The van der Waals surface area contributed by atoms with E-state index in [4.69, 9.17) is 4.74 Å². The Morgan fingerprint density at radius 3 is 2.59 bits per heavy atom. The van der Waals surface area contributed by atoms with Crippen molar-refractivity contribution < 1.29 is 27.8 Å². The zero-order chi connectivity index (χ0) is 24.0. The molecule has 7 nitrogen and oxygen atoms in total. The number of aryl methyl sites for hydroxylation is 1. The lowest BCUT2D eigenvalue weighted by atomic mass is 10.00. The molecule has 5 rings (SSSR count). The van der Waals surface area contributed by atoms with Gasteiger partial charge in [-0.1, -0.05) is 0 Å². The first kappa shape index (κ1) is 22.6. The van der Waals surface area contributed by atoms with Gasteiger partial charge in [-0.2, -0.15) is 18.3 Å². The molecule has 10 heteroatoms. The molecule has 2 aliphatic heterocycles. The van der Waals surface area contributed by atoms with E-state index in [9.17, 15) is 23.1 Å². The molecule has 4 heterocycles. The topological polar surface area (TPSA) is 80.5 Å². The number of rotatable bonds is 3. The molecule has 0 bridgehead atoms. The van der Waals surface area contributed by atoms with Crippen molar-refractivity contribution in [1.29, 1.82) is 0 Å². The smallest absolute Gasteiger partial charge is 0.416 e. The van der Waals surface area contributed by atoms with Gasteiger partial charge >= 0.3 is 6.18 Å². The fourth-order valence-corrected chi connectivity index (χ4v) is 4.85. The van der Waals surface area contributed by atoms with Gasteiger partial charge in [0.2, 0.25) is 5.91 Å². The number of aromatic nitrogens is 3. The summed E-state index contributed by atoms with van der Waals surface area (Å²) in [5.74, 6) is -0.334. The maximum atomic E-state index is 13.0. The van der Waals surface area contributed by atoms with E-state index in [1.165, 1.54) is 6.92 Å². The van der Waals surface area contributed by atoms with Gasteiger partial charge in [0.1, 0.15) is 5.75 Å². The summed E-state index contributed by atoms with van der Waals surface area (Å²) in [6.45, 7) is 3.99. The van der Waals surface area contributed by atoms with Crippen LogP contribution in [-0.4, -0.2) is 57.0 Å². The number of amides is 1. The minimum Gasteiger partial charge on any atom is -0.507 e. The Morgan fingerprint density at radius 2 is 1.94 bits per heavy atom. The molecule has 2 saturated heterocycles. The van der Waals surface area contributed by atoms with Crippen LogP contribution in [0, 0.1) is 12.8 Å². The number of carbonyl (C=O) groups is 1. The van der Waals surface area contributed by atoms with E-state index >= 15 is 0 Å². The van der Waals surface area contributed by atoms with E-state index in [1.54, 1.807) is 12.1 Å². The monoisotopic (exact) mass is 474 g/mol. The highest BCUT2D eigenvalue weighted by Crippen LogP contribution is 2.39. The normalized spacial score (nSPS) is 19.8. The maximum absolute atomic E-state index is 13.0. The highest BCUT2D eigenvalue weighted by atomic mass is 19.4. The molecule has 1 aromatic carbocycles. The van der Waals surface area contributed by atoms with Gasteiger partial charge in [-0.15, -0.1) is 0 Å². The van der Waals surface area contributed by atoms with Crippen molar-refractivity contribution in [3.63, 3.8) is 0 Å². The number of benzene rings is 1. The summed E-state index contributed by atoms with van der Waals surface area (Å²) in [6, 6.07) is 5.33. The van der Waals surface area contributed by atoms with E-state index in [2.05, 4.69) is 10.1 Å². The summed E-state index contributed by atoms with van der Waals surface area (Å²) >= 11 is 0. The van der Waals surface area contributed by atoms with Crippen LogP contribution in [0.5, 0.6) is 5.75 Å². The molecule has 0 aliphatic carbocycles. The lowest BCUT2D eigenvalue weighted by Gasteiger charge is -2.33. The van der Waals surface area contributed by atoms with Gasteiger partial charge in [-0.05, 0) is 56.0 Å². The molecular weight excluding hydrogens is 449 g/mol. The number of carbonyl (C=O) groups excluding carboxylic acids is 1. The van der Waals surface area contributed by atoms with Crippen LogP contribution < -0.4 is 0 Å². The lowest BCUT2D eigenvalue weighted by molar-refractivity contribution is -0.138. The van der Waals surface area contributed by atoms with Crippen LogP contribution in [0.4, 0.5) is 13.2 Å². The van der Waals surface area contributed by atoms with Crippen molar-refractivity contribution in [2.45, 2.75) is 38.4 Å². The van der Waals surface area contributed by atoms with Crippen LogP contribution in [0.2, 0.25) is 0 Å². The van der Waals surface area contributed by atoms with Gasteiger partial charge in [-0.3, -0.25) is 9.48 Å². The molecular formula is C24H25F3N4O3. The molecule has 1 unspecified atom stereocenters. The third kappa shape index (κ3) is 4.22. The highest BCUT2D eigenvalue weighted by Gasteiger charge is 2.33. The minimum atomic E-state index is -4.54. The standard InChI is InChI=1S/C24H25F3N4O3/c1-14-10-17(24(25,26)27)11-20(32)21(14)19-3-2-15-12-31(29-22(15)28-19)18-4-7-30(8-5-18)23(33)16-6-9-34-13-16/h2-3,10-12,16,18,32H,4-9,13H2,1H3. The SMILES string of the molecule is Cc1cc(C(F)(F)F)cc(O)c1-c1ccc2cn(C3CCN(C(=O)C4CCOC4)CC3)nc2n1. The largest absolute Gasteiger partial charge is 0.507 e. The van der Waals surface area contributed by atoms with Crippen molar-refractivity contribution >= 4 is 16.9 Å². The Labute approximate surface area is 194 Å². The van der Waals surface area contributed by atoms with Gasteiger partial charge in [0.15, 0.2) is 5.65 Å². The maximum Gasteiger partial charge on any atom is 0.416 e. The first-order valence-electron chi connectivity index (χ1n) is 11.3. The Hall–Kier alpha value is -3.14. The second kappa shape index (κ2) is 8.57. The molecule has 34 heavy (non-hydrogen) atoms. The van der Waals surface area contributed by atoms with Gasteiger partial charge in [0.25, 0.3) is 0 Å². The number of hydrogen-bond donors (Lipinski definition) is 1. The molecule has 1 amide bonds. The Bertz CT molecular complexity index is 1200. The van der Waals surface area contributed by atoms with Gasteiger partial charge < -0.3 is 14.7 Å². The minimum absolute atomic E-state index is 0.0310. The van der Waals surface area contributed by atoms with Crippen LogP contribution in [0.3, 0.4) is 0 Å². The number of fused-ring (bicyclic) bond motifs is 1. The quantitative estimate of drug-likeness (QED) is 0.611. The number of pyridine rings is 1. The predicted molar refractivity (Wildman–Crippen MR) is 118 cm³/mol. The molecule has 0 saturated carbocycles. The third-order valence-electron chi connectivity index (χ3n) is 6.71. The van der Waals surface area contributed by atoms with Gasteiger partial charge in [0, 0.05) is 36.8 Å². The van der Waals surface area contributed by atoms with Crippen LogP contribution >= 0.6 is 0 Å². The second-order valence-corrected chi connectivity index (χ2v) is 9.02. The number of ether oxygens (including phenoxy) is 1. The molecule has 3 aromatic rings. The van der Waals surface area contributed by atoms with Gasteiger partial charge in [-0.25, -0.2) is 4.98 Å². The van der Waals surface area contributed by atoms with E-state index in [0.29, 0.717) is 37.6 Å². The fourth-order valence-electron chi connectivity index (χ4n) is 4.85. The van der Waals surface area contributed by atoms with Crippen molar-refractivity contribution in [3.05, 3.63) is 41.6 Å². The fraction of sp³-hybridized carbons (Fsp3) is 0.458. The van der Waals surface area contributed by atoms with Crippen LogP contribution in [0.25, 0.3) is 22.3 Å². The number of aromatic hydroxyl groups is 1. The van der Waals surface area contributed by atoms with E-state index < -0.39 is 17.5 Å². The summed E-state index contributed by atoms with van der Waals surface area (Å²) < 4.78 is 46.3. The number of phenols is 1. The molecule has 180 valence electrons. The molecule has 1 atom stereocenters. The zero-order valence-electron chi connectivity index (χ0n) is 18.7. The summed E-state index contributed by atoms with van der Waals surface area (Å²) in [7, 11) is 0. The number of phenolic OH excluding ortho intramolecular Hbond substituents is 1. The van der Waals surface area contributed by atoms with Crippen molar-refractivity contribution in [2.24, 2.45) is 5.92 Å². The average Bonchev–Trinajstić information content (AvgIpc) is 3.47. The van der Waals surface area contributed by atoms with Crippen molar-refractivity contribution in [2.75, 3.05) is 26.3 Å². The van der Waals surface area contributed by atoms with Gasteiger partial charge in [0.05, 0.1) is 29.8 Å². The van der Waals surface area contributed by atoms with E-state index in [1.807, 2.05) is 15.8 Å². The van der Waals surface area contributed by atoms with Crippen LogP contribution in [-0.2, 0) is 15.7 Å². The number of alkyl halides is 3. The van der Waals surface area contributed by atoms with Crippen LogP contribution in [0.15, 0.2) is 30.5 Å². The Balaban J connectivity index is 1.34. The number of likely N-dealkylation sites (tertiary alicyclic amines) is 1. The molecule has 0 spiro atoms. The predicted octanol–water partition coefficient (Wildman–Crippen LogP) is 4.33. The third-order valence-corrected chi connectivity index (χ3v) is 6.71. The summed E-state index contributed by atoms with van der Waals surface area (Å²) in [5, 5.41) is 15.7. The van der Waals surface area contributed by atoms with Crippen LogP contribution in [0.1, 0.15) is 36.4 Å². The molecule has 2 aliphatic rings. The highest BCUT2D eigenvalue weighted by molar-refractivity contribution is 5.81. The average molecular weight is 474 g/mol. The Morgan fingerprint density at radius 1 is 1.18 bits per heavy atom. The summed E-state index contributed by atoms with van der Waals surface area (Å²) in [5.41, 5.74) is 0.454. The van der Waals surface area contributed by atoms with Crippen molar-refractivity contribution in [3.8, 4) is 17.0 Å². The van der Waals surface area contributed by atoms with E-state index in [0.717, 1.165) is 36.8 Å². The zero-order valence-corrected chi connectivity index (χ0v) is 18.7. The second-order valence-electron chi connectivity index (χ2n) is 9.02. The molecule has 0 radical (unpaired) electrons. The number of piperidine rings is 1.